The molecule has 0 spiro atoms. The van der Waals surface area contributed by atoms with Gasteiger partial charge in [-0.3, -0.25) is 4.79 Å². The van der Waals surface area contributed by atoms with Crippen LogP contribution < -0.4 is 4.74 Å². The number of rotatable bonds is 3. The molecule has 0 aliphatic heterocycles. The topological polar surface area (TPSA) is 44.1 Å². The predicted octanol–water partition coefficient (Wildman–Crippen LogP) is 2.36. The van der Waals surface area contributed by atoms with Gasteiger partial charge in [-0.1, -0.05) is 0 Å². The van der Waals surface area contributed by atoms with Crippen molar-refractivity contribution >= 4 is 6.29 Å². The van der Waals surface area contributed by atoms with Crippen LogP contribution in [0, 0.1) is 12.7 Å². The number of carbonyl (C=O) groups excluding carboxylic acids is 1. The van der Waals surface area contributed by atoms with Crippen molar-refractivity contribution < 1.29 is 13.9 Å². The van der Waals surface area contributed by atoms with Gasteiger partial charge in [0.05, 0.1) is 7.11 Å². The molecule has 0 aliphatic carbocycles. The van der Waals surface area contributed by atoms with Crippen LogP contribution in [0.5, 0.6) is 5.75 Å². The smallest absolute Gasteiger partial charge is 0.168 e. The van der Waals surface area contributed by atoms with E-state index in [1.54, 1.807) is 18.5 Å². The fourth-order valence-corrected chi connectivity index (χ4v) is 1.83. The van der Waals surface area contributed by atoms with Gasteiger partial charge in [-0.15, -0.1) is 0 Å². The average molecular weight is 248 g/mol. The first-order chi connectivity index (χ1) is 8.58. The summed E-state index contributed by atoms with van der Waals surface area (Å²) in [6, 6.07) is 4.13. The van der Waals surface area contributed by atoms with Gasteiger partial charge in [0, 0.05) is 12.6 Å². The molecule has 0 amide bonds. The van der Waals surface area contributed by atoms with Crippen molar-refractivity contribution in [1.29, 1.82) is 0 Å². The van der Waals surface area contributed by atoms with Gasteiger partial charge in [-0.25, -0.2) is 9.37 Å². The van der Waals surface area contributed by atoms with Gasteiger partial charge in [0.15, 0.2) is 6.29 Å². The molecule has 0 unspecified atom stereocenters. The highest BCUT2D eigenvalue weighted by atomic mass is 19.1. The molecule has 1 aromatic carbocycles. The van der Waals surface area contributed by atoms with Crippen LogP contribution >= 0.6 is 0 Å². The first kappa shape index (κ1) is 12.3. The van der Waals surface area contributed by atoms with Crippen LogP contribution in [0.1, 0.15) is 16.3 Å². The summed E-state index contributed by atoms with van der Waals surface area (Å²) >= 11 is 0. The Morgan fingerprint density at radius 1 is 1.44 bits per heavy atom. The van der Waals surface area contributed by atoms with Crippen molar-refractivity contribution in [3.63, 3.8) is 0 Å². The molecule has 2 rings (SSSR count). The molecule has 0 saturated heterocycles. The molecular weight excluding hydrogens is 235 g/mol. The second-order valence-corrected chi connectivity index (χ2v) is 3.91. The molecule has 0 radical (unpaired) electrons. The summed E-state index contributed by atoms with van der Waals surface area (Å²) < 4.78 is 20.2. The summed E-state index contributed by atoms with van der Waals surface area (Å²) in [5.74, 6) is 0.766. The van der Waals surface area contributed by atoms with E-state index in [-0.39, 0.29) is 0 Å². The van der Waals surface area contributed by atoms with E-state index in [4.69, 9.17) is 4.74 Å². The maximum atomic E-state index is 13.3. The molecule has 0 atom stereocenters. The molecule has 0 N–H and O–H groups in total. The fourth-order valence-electron chi connectivity index (χ4n) is 1.83. The van der Waals surface area contributed by atoms with Crippen molar-refractivity contribution in [1.82, 2.24) is 9.55 Å². The number of aromatic nitrogens is 2. The zero-order chi connectivity index (χ0) is 13.3. The standard InChI is InChI=1S/C13H13FN2O2/c1-8-15-13(11(7-17)16(8)2)10-6-9(14)4-5-12(10)18-3/h4-7H,1-3H3. The van der Waals surface area contributed by atoms with E-state index in [0.717, 1.165) is 0 Å². The van der Waals surface area contributed by atoms with Crippen molar-refractivity contribution in [2.45, 2.75) is 6.92 Å². The van der Waals surface area contributed by atoms with E-state index in [9.17, 15) is 9.18 Å². The summed E-state index contributed by atoms with van der Waals surface area (Å²) in [6.45, 7) is 1.78. The lowest BCUT2D eigenvalue weighted by atomic mass is 10.1. The second kappa shape index (κ2) is 4.60. The number of methoxy groups -OCH3 is 1. The average Bonchev–Trinajstić information content (AvgIpc) is 2.65. The maximum Gasteiger partial charge on any atom is 0.168 e. The number of ether oxygens (including phenoxy) is 1. The fraction of sp³-hybridized carbons (Fsp3) is 0.231. The number of hydrogen-bond acceptors (Lipinski definition) is 3. The Balaban J connectivity index is 2.72. The molecule has 1 aromatic heterocycles. The number of aldehydes is 1. The number of imidazole rings is 1. The molecule has 0 bridgehead atoms. The highest BCUT2D eigenvalue weighted by Crippen LogP contribution is 2.31. The van der Waals surface area contributed by atoms with E-state index < -0.39 is 5.82 Å². The molecule has 0 saturated carbocycles. The molecule has 18 heavy (non-hydrogen) atoms. The summed E-state index contributed by atoms with van der Waals surface area (Å²) in [6.07, 6.45) is 0.708. The highest BCUT2D eigenvalue weighted by Gasteiger charge is 2.17. The monoisotopic (exact) mass is 248 g/mol. The lowest BCUT2D eigenvalue weighted by Gasteiger charge is -2.07. The maximum absolute atomic E-state index is 13.3. The Morgan fingerprint density at radius 3 is 2.78 bits per heavy atom. The van der Waals surface area contributed by atoms with Crippen LogP contribution in [-0.2, 0) is 7.05 Å². The summed E-state index contributed by atoms with van der Waals surface area (Å²) in [7, 11) is 3.23. The molecular formula is C13H13FN2O2. The normalized spacial score (nSPS) is 10.4. The Kier molecular flexibility index (Phi) is 3.14. The molecule has 5 heteroatoms. The zero-order valence-corrected chi connectivity index (χ0v) is 10.4. The Bertz CT molecular complexity index is 605. The van der Waals surface area contributed by atoms with Crippen LogP contribution in [0.15, 0.2) is 18.2 Å². The van der Waals surface area contributed by atoms with Gasteiger partial charge >= 0.3 is 0 Å². The second-order valence-electron chi connectivity index (χ2n) is 3.91. The molecule has 4 nitrogen and oxygen atoms in total. The van der Waals surface area contributed by atoms with Crippen molar-refractivity contribution in [3.05, 3.63) is 35.5 Å². The van der Waals surface area contributed by atoms with Crippen molar-refractivity contribution in [2.24, 2.45) is 7.05 Å². The van der Waals surface area contributed by atoms with E-state index in [1.165, 1.54) is 25.3 Å². The van der Waals surface area contributed by atoms with E-state index in [2.05, 4.69) is 4.98 Å². The Labute approximate surface area is 104 Å². The number of nitrogens with zero attached hydrogens (tertiary/aromatic N) is 2. The van der Waals surface area contributed by atoms with Gasteiger partial charge < -0.3 is 9.30 Å². The van der Waals surface area contributed by atoms with Crippen LogP contribution in [-0.4, -0.2) is 22.9 Å². The van der Waals surface area contributed by atoms with Gasteiger partial charge in [-0.2, -0.15) is 0 Å². The van der Waals surface area contributed by atoms with Gasteiger partial charge in [0.25, 0.3) is 0 Å². The lowest BCUT2D eigenvalue weighted by molar-refractivity contribution is 0.111. The minimum atomic E-state index is -0.397. The Morgan fingerprint density at radius 2 is 2.17 bits per heavy atom. The molecule has 0 fully saturated rings. The van der Waals surface area contributed by atoms with Crippen LogP contribution in [0.3, 0.4) is 0 Å². The number of carbonyl (C=O) groups is 1. The largest absolute Gasteiger partial charge is 0.496 e. The molecule has 94 valence electrons. The van der Waals surface area contributed by atoms with Crippen molar-refractivity contribution in [2.75, 3.05) is 7.11 Å². The van der Waals surface area contributed by atoms with E-state index in [1.807, 2.05) is 0 Å². The van der Waals surface area contributed by atoms with Gasteiger partial charge in [-0.05, 0) is 25.1 Å². The van der Waals surface area contributed by atoms with Gasteiger partial charge in [0.2, 0.25) is 0 Å². The number of benzene rings is 1. The molecule has 0 aliphatic rings. The third kappa shape index (κ3) is 1.88. The first-order valence-corrected chi connectivity index (χ1v) is 5.41. The first-order valence-electron chi connectivity index (χ1n) is 5.41. The third-order valence-corrected chi connectivity index (χ3v) is 2.89. The third-order valence-electron chi connectivity index (χ3n) is 2.89. The zero-order valence-electron chi connectivity index (χ0n) is 10.4. The summed E-state index contributed by atoms with van der Waals surface area (Å²) in [5, 5.41) is 0. The SMILES string of the molecule is COc1ccc(F)cc1-c1nc(C)n(C)c1C=O. The highest BCUT2D eigenvalue weighted by molar-refractivity contribution is 5.86. The number of aryl methyl sites for hydroxylation is 1. The van der Waals surface area contributed by atoms with Gasteiger partial charge in [0.1, 0.15) is 28.8 Å². The molecule has 1 heterocycles. The van der Waals surface area contributed by atoms with Crippen LogP contribution in [0.25, 0.3) is 11.3 Å². The number of halogens is 1. The quantitative estimate of drug-likeness (QED) is 0.783. The number of hydrogen-bond donors (Lipinski definition) is 0. The van der Waals surface area contributed by atoms with Crippen LogP contribution in [0.2, 0.25) is 0 Å². The minimum Gasteiger partial charge on any atom is -0.496 e. The van der Waals surface area contributed by atoms with Crippen LogP contribution in [0.4, 0.5) is 4.39 Å². The minimum absolute atomic E-state index is 0.397. The van der Waals surface area contributed by atoms with E-state index >= 15 is 0 Å². The van der Waals surface area contributed by atoms with Crippen molar-refractivity contribution in [3.8, 4) is 17.0 Å². The summed E-state index contributed by atoms with van der Waals surface area (Å²) in [4.78, 5) is 15.4. The Hall–Kier alpha value is -2.17. The summed E-state index contributed by atoms with van der Waals surface area (Å²) in [5.41, 5.74) is 1.31. The lowest BCUT2D eigenvalue weighted by Crippen LogP contribution is -1.98. The molecule has 2 aromatic rings. The predicted molar refractivity (Wildman–Crippen MR) is 65.3 cm³/mol. The van der Waals surface area contributed by atoms with E-state index in [0.29, 0.717) is 34.8 Å².